The molecule has 0 saturated carbocycles. The first-order chi connectivity index (χ1) is 8.72. The summed E-state index contributed by atoms with van der Waals surface area (Å²) in [5, 5.41) is 13.0. The summed E-state index contributed by atoms with van der Waals surface area (Å²) in [5.74, 6) is -0.108. The van der Waals surface area contributed by atoms with Crippen molar-refractivity contribution in [2.75, 3.05) is 6.54 Å². The Bertz CT molecular complexity index is 572. The van der Waals surface area contributed by atoms with Crippen LogP contribution in [0.25, 0.3) is 10.8 Å². The van der Waals surface area contributed by atoms with Crippen LogP contribution in [0.3, 0.4) is 0 Å². The lowest BCUT2D eigenvalue weighted by Gasteiger charge is -2.13. The van der Waals surface area contributed by atoms with Crippen molar-refractivity contribution in [1.29, 1.82) is 0 Å². The molecule has 2 aromatic rings. The standard InChI is InChI=1S/C15H15NO2/c1-2-6-13(11-16(17)18)15-10-5-8-12-7-3-4-9-14(12)15/h2-5,7-10,13H,1,6,11H2. The lowest BCUT2D eigenvalue weighted by molar-refractivity contribution is -0.483. The number of nitrogens with zero attached hydrogens (tertiary/aromatic N) is 1. The van der Waals surface area contributed by atoms with Crippen LogP contribution in [0.1, 0.15) is 17.9 Å². The largest absolute Gasteiger partial charge is 0.265 e. The van der Waals surface area contributed by atoms with E-state index in [0.29, 0.717) is 6.42 Å². The van der Waals surface area contributed by atoms with E-state index in [2.05, 4.69) is 6.58 Å². The quantitative estimate of drug-likeness (QED) is 0.454. The molecule has 2 rings (SSSR count). The van der Waals surface area contributed by atoms with Crippen LogP contribution in [0.4, 0.5) is 0 Å². The fourth-order valence-electron chi connectivity index (χ4n) is 2.29. The summed E-state index contributed by atoms with van der Waals surface area (Å²) in [5.41, 5.74) is 1.03. The number of hydrogen-bond donors (Lipinski definition) is 0. The summed E-state index contributed by atoms with van der Waals surface area (Å²) < 4.78 is 0. The summed E-state index contributed by atoms with van der Waals surface area (Å²) in [7, 11) is 0. The van der Waals surface area contributed by atoms with Crippen LogP contribution in [0.5, 0.6) is 0 Å². The van der Waals surface area contributed by atoms with Crippen LogP contribution in [0, 0.1) is 10.1 Å². The van der Waals surface area contributed by atoms with Gasteiger partial charge in [0, 0.05) is 4.92 Å². The van der Waals surface area contributed by atoms with Crippen molar-refractivity contribution in [2.24, 2.45) is 0 Å². The van der Waals surface area contributed by atoms with E-state index in [1.165, 1.54) is 0 Å². The third-order valence-electron chi connectivity index (χ3n) is 3.08. The van der Waals surface area contributed by atoms with E-state index in [1.54, 1.807) is 6.08 Å². The van der Waals surface area contributed by atoms with Gasteiger partial charge in [0.05, 0.1) is 5.92 Å². The molecule has 2 aromatic carbocycles. The monoisotopic (exact) mass is 241 g/mol. The van der Waals surface area contributed by atoms with Gasteiger partial charge in [0.1, 0.15) is 0 Å². The smallest absolute Gasteiger partial charge is 0.210 e. The van der Waals surface area contributed by atoms with E-state index < -0.39 is 0 Å². The number of nitro groups is 1. The van der Waals surface area contributed by atoms with Gasteiger partial charge >= 0.3 is 0 Å². The van der Waals surface area contributed by atoms with Gasteiger partial charge in [0.2, 0.25) is 6.54 Å². The van der Waals surface area contributed by atoms with E-state index in [-0.39, 0.29) is 17.4 Å². The first-order valence-corrected chi connectivity index (χ1v) is 5.92. The fraction of sp³-hybridized carbons (Fsp3) is 0.200. The summed E-state index contributed by atoms with van der Waals surface area (Å²) in [6.45, 7) is 3.64. The summed E-state index contributed by atoms with van der Waals surface area (Å²) in [6, 6.07) is 13.9. The molecule has 0 aliphatic heterocycles. The molecule has 0 spiro atoms. The Hall–Kier alpha value is -2.16. The topological polar surface area (TPSA) is 43.1 Å². The van der Waals surface area contributed by atoms with Crippen LogP contribution in [-0.2, 0) is 0 Å². The van der Waals surface area contributed by atoms with E-state index in [4.69, 9.17) is 0 Å². The zero-order valence-electron chi connectivity index (χ0n) is 10.1. The van der Waals surface area contributed by atoms with Gasteiger partial charge in [-0.1, -0.05) is 48.5 Å². The predicted molar refractivity (Wildman–Crippen MR) is 73.4 cm³/mol. The zero-order chi connectivity index (χ0) is 13.0. The number of hydrogen-bond acceptors (Lipinski definition) is 2. The highest BCUT2D eigenvalue weighted by Gasteiger charge is 2.18. The summed E-state index contributed by atoms with van der Waals surface area (Å²) >= 11 is 0. The number of allylic oxidation sites excluding steroid dienone is 1. The van der Waals surface area contributed by atoms with Crippen molar-refractivity contribution in [3.8, 4) is 0 Å². The highest BCUT2D eigenvalue weighted by Crippen LogP contribution is 2.28. The van der Waals surface area contributed by atoms with Crippen LogP contribution in [-0.4, -0.2) is 11.5 Å². The maximum absolute atomic E-state index is 10.8. The van der Waals surface area contributed by atoms with Crippen molar-refractivity contribution >= 4 is 10.8 Å². The lowest BCUT2D eigenvalue weighted by atomic mass is 9.91. The Morgan fingerprint density at radius 1 is 1.22 bits per heavy atom. The lowest BCUT2D eigenvalue weighted by Crippen LogP contribution is -2.12. The third kappa shape index (κ3) is 2.56. The molecule has 0 fully saturated rings. The van der Waals surface area contributed by atoms with Gasteiger partial charge in [-0.2, -0.15) is 0 Å². The van der Waals surface area contributed by atoms with E-state index in [0.717, 1.165) is 16.3 Å². The summed E-state index contributed by atoms with van der Waals surface area (Å²) in [6.07, 6.45) is 2.37. The maximum atomic E-state index is 10.8. The van der Waals surface area contributed by atoms with Crippen LogP contribution in [0.2, 0.25) is 0 Å². The second-order valence-corrected chi connectivity index (χ2v) is 4.30. The van der Waals surface area contributed by atoms with Crippen molar-refractivity contribution in [2.45, 2.75) is 12.3 Å². The van der Waals surface area contributed by atoms with E-state index in [9.17, 15) is 10.1 Å². The molecule has 18 heavy (non-hydrogen) atoms. The molecule has 1 unspecified atom stereocenters. The molecule has 3 nitrogen and oxygen atoms in total. The van der Waals surface area contributed by atoms with Crippen LogP contribution in [0.15, 0.2) is 55.1 Å². The minimum Gasteiger partial charge on any atom is -0.265 e. The minimum absolute atomic E-state index is 0.0555. The molecule has 0 aliphatic carbocycles. The first-order valence-electron chi connectivity index (χ1n) is 5.92. The van der Waals surface area contributed by atoms with Crippen molar-refractivity contribution in [3.05, 3.63) is 70.8 Å². The predicted octanol–water partition coefficient (Wildman–Crippen LogP) is 3.78. The summed E-state index contributed by atoms with van der Waals surface area (Å²) in [4.78, 5) is 10.5. The second-order valence-electron chi connectivity index (χ2n) is 4.30. The van der Waals surface area contributed by atoms with Crippen molar-refractivity contribution < 1.29 is 4.92 Å². The molecule has 0 radical (unpaired) electrons. The van der Waals surface area contributed by atoms with Gasteiger partial charge in [-0.05, 0) is 22.8 Å². The molecule has 0 aromatic heterocycles. The van der Waals surface area contributed by atoms with Crippen LogP contribution < -0.4 is 0 Å². The number of benzene rings is 2. The van der Waals surface area contributed by atoms with Gasteiger partial charge in [0.15, 0.2) is 0 Å². The molecule has 0 bridgehead atoms. The Morgan fingerprint density at radius 2 is 1.94 bits per heavy atom. The molecule has 0 saturated heterocycles. The molecular formula is C15H15NO2. The molecule has 92 valence electrons. The van der Waals surface area contributed by atoms with Crippen LogP contribution >= 0.6 is 0 Å². The Morgan fingerprint density at radius 3 is 2.67 bits per heavy atom. The van der Waals surface area contributed by atoms with Gasteiger partial charge < -0.3 is 0 Å². The zero-order valence-corrected chi connectivity index (χ0v) is 10.1. The van der Waals surface area contributed by atoms with E-state index >= 15 is 0 Å². The highest BCUT2D eigenvalue weighted by molar-refractivity contribution is 5.86. The third-order valence-corrected chi connectivity index (χ3v) is 3.08. The molecule has 0 N–H and O–H groups in total. The normalized spacial score (nSPS) is 12.2. The van der Waals surface area contributed by atoms with Crippen molar-refractivity contribution in [1.82, 2.24) is 0 Å². The molecule has 3 heteroatoms. The van der Waals surface area contributed by atoms with Gasteiger partial charge in [-0.25, -0.2) is 0 Å². The van der Waals surface area contributed by atoms with Gasteiger partial charge in [-0.3, -0.25) is 10.1 Å². The highest BCUT2D eigenvalue weighted by atomic mass is 16.6. The Balaban J connectivity index is 2.49. The second kappa shape index (κ2) is 5.45. The Kier molecular flexibility index (Phi) is 3.72. The van der Waals surface area contributed by atoms with Gasteiger partial charge in [0.25, 0.3) is 0 Å². The molecular weight excluding hydrogens is 226 g/mol. The number of rotatable bonds is 5. The molecule has 1 atom stereocenters. The Labute approximate surface area is 106 Å². The molecule has 0 amide bonds. The average Bonchev–Trinajstić information content (AvgIpc) is 2.37. The van der Waals surface area contributed by atoms with Gasteiger partial charge in [-0.15, -0.1) is 6.58 Å². The minimum atomic E-state index is -0.254. The fourth-order valence-corrected chi connectivity index (χ4v) is 2.29. The van der Waals surface area contributed by atoms with E-state index in [1.807, 2.05) is 42.5 Å². The SMILES string of the molecule is C=CCC(C[N+](=O)[O-])c1cccc2ccccc12. The first kappa shape index (κ1) is 12.3. The maximum Gasteiger partial charge on any atom is 0.210 e. The molecule has 0 heterocycles. The molecule has 0 aliphatic rings. The van der Waals surface area contributed by atoms with Crippen molar-refractivity contribution in [3.63, 3.8) is 0 Å². The number of fused-ring (bicyclic) bond motifs is 1. The average molecular weight is 241 g/mol.